The van der Waals surface area contributed by atoms with Crippen LogP contribution in [0.5, 0.6) is 0 Å². The fourth-order valence-electron chi connectivity index (χ4n) is 4.29. The van der Waals surface area contributed by atoms with Gasteiger partial charge < -0.3 is 10.6 Å². The molecule has 0 spiro atoms. The highest BCUT2D eigenvalue weighted by molar-refractivity contribution is 5.96. The topological polar surface area (TPSA) is 72.6 Å². The van der Waals surface area contributed by atoms with Gasteiger partial charge in [0.1, 0.15) is 17.5 Å². The van der Waals surface area contributed by atoms with Crippen molar-refractivity contribution in [3.63, 3.8) is 0 Å². The molecule has 5 aromatic rings. The first-order valence-electron chi connectivity index (χ1n) is 11.8. The number of para-hydroxylation sites is 1. The van der Waals surface area contributed by atoms with Crippen molar-refractivity contribution in [2.75, 3.05) is 10.6 Å². The Morgan fingerprint density at radius 2 is 1.78 bits per heavy atom. The number of rotatable bonds is 7. The largest absolute Gasteiger partial charge is 0.340 e. The molecule has 0 saturated heterocycles. The molecule has 0 saturated carbocycles. The summed E-state index contributed by atoms with van der Waals surface area (Å²) in [5, 5.41) is 16.5. The van der Waals surface area contributed by atoms with Gasteiger partial charge >= 0.3 is 0 Å². The zero-order valence-corrected chi connectivity index (χ0v) is 20.7. The van der Waals surface area contributed by atoms with Crippen molar-refractivity contribution >= 4 is 22.4 Å². The lowest BCUT2D eigenvalue weighted by molar-refractivity contribution is 0.632. The molecule has 7 nitrogen and oxygen atoms in total. The Hall–Kier alpha value is -4.46. The fraction of sp³-hybridized carbons (Fsp3) is 0.179. The van der Waals surface area contributed by atoms with E-state index in [1.807, 2.05) is 61.1 Å². The van der Waals surface area contributed by atoms with E-state index in [0.717, 1.165) is 44.9 Å². The summed E-state index contributed by atoms with van der Waals surface area (Å²) in [6.07, 6.45) is 3.52. The molecule has 5 rings (SSSR count). The molecule has 0 aliphatic rings. The molecule has 3 aromatic heterocycles. The van der Waals surface area contributed by atoms with Crippen molar-refractivity contribution in [3.05, 3.63) is 96.6 Å². The van der Waals surface area contributed by atoms with Crippen molar-refractivity contribution in [2.45, 2.75) is 26.7 Å². The quantitative estimate of drug-likeness (QED) is 0.282. The predicted octanol–water partition coefficient (Wildman–Crippen LogP) is 6.39. The fourth-order valence-corrected chi connectivity index (χ4v) is 4.29. The molecule has 3 heterocycles. The van der Waals surface area contributed by atoms with Gasteiger partial charge in [0, 0.05) is 30.3 Å². The molecule has 0 bridgehead atoms. The van der Waals surface area contributed by atoms with Crippen LogP contribution >= 0.6 is 0 Å². The van der Waals surface area contributed by atoms with Gasteiger partial charge in [-0.1, -0.05) is 44.7 Å². The molecule has 36 heavy (non-hydrogen) atoms. The summed E-state index contributed by atoms with van der Waals surface area (Å²) in [7, 11) is 1.88. The first-order valence-corrected chi connectivity index (χ1v) is 11.8. The molecule has 0 radical (unpaired) electrons. The molecule has 8 heteroatoms. The zero-order valence-electron chi connectivity index (χ0n) is 20.7. The van der Waals surface area contributed by atoms with Crippen LogP contribution in [0.25, 0.3) is 27.7 Å². The molecular weight excluding hydrogens is 453 g/mol. The second-order valence-electron chi connectivity index (χ2n) is 9.07. The van der Waals surface area contributed by atoms with Gasteiger partial charge in [-0.2, -0.15) is 10.2 Å². The van der Waals surface area contributed by atoms with Crippen LogP contribution in [0.15, 0.2) is 79.4 Å². The van der Waals surface area contributed by atoms with E-state index in [9.17, 15) is 0 Å². The van der Waals surface area contributed by atoms with Crippen LogP contribution in [0.4, 0.5) is 15.9 Å². The highest BCUT2D eigenvalue weighted by Crippen LogP contribution is 2.32. The van der Waals surface area contributed by atoms with Crippen LogP contribution in [0, 0.1) is 12.7 Å². The lowest BCUT2D eigenvalue weighted by atomic mass is 10.0. The van der Waals surface area contributed by atoms with Crippen LogP contribution in [0.3, 0.4) is 0 Å². The lowest BCUT2D eigenvalue weighted by Crippen LogP contribution is -2.12. The number of pyridine rings is 1. The standard InChI is InChI=1S/C28H28FN7/c1-17(2)25-14-27(36(34-25)21-9-7-6-8-10-21)32-19(4)31-24-12-11-20(13-23(24)29)22-15-30-16-26-28(22)18(3)33-35(26)5/h6-17,31-32H,4H2,1-3,5H3. The van der Waals surface area contributed by atoms with Crippen LogP contribution in [-0.2, 0) is 7.05 Å². The number of nitrogens with zero attached hydrogens (tertiary/aromatic N) is 5. The zero-order chi connectivity index (χ0) is 25.4. The molecule has 0 atom stereocenters. The van der Waals surface area contributed by atoms with Gasteiger partial charge in [0.15, 0.2) is 0 Å². The summed E-state index contributed by atoms with van der Waals surface area (Å²) in [6.45, 7) is 10.2. The molecule has 0 unspecified atom stereocenters. The maximum Gasteiger partial charge on any atom is 0.147 e. The van der Waals surface area contributed by atoms with Gasteiger partial charge in [-0.3, -0.25) is 9.67 Å². The monoisotopic (exact) mass is 481 g/mol. The number of hydrogen-bond acceptors (Lipinski definition) is 5. The minimum Gasteiger partial charge on any atom is -0.340 e. The maximum absolute atomic E-state index is 15.2. The summed E-state index contributed by atoms with van der Waals surface area (Å²) in [5.74, 6) is 1.03. The molecule has 2 N–H and O–H groups in total. The van der Waals surface area contributed by atoms with Crippen molar-refractivity contribution in [1.82, 2.24) is 24.5 Å². The number of benzene rings is 2. The summed E-state index contributed by atoms with van der Waals surface area (Å²) >= 11 is 0. The summed E-state index contributed by atoms with van der Waals surface area (Å²) in [4.78, 5) is 4.33. The Balaban J connectivity index is 1.40. The molecule has 0 fully saturated rings. The Labute approximate surface area is 209 Å². The number of nitrogens with one attached hydrogen (secondary N) is 2. The maximum atomic E-state index is 15.2. The van der Waals surface area contributed by atoms with E-state index in [-0.39, 0.29) is 5.92 Å². The average Bonchev–Trinajstić information content (AvgIpc) is 3.41. The Bertz CT molecular complexity index is 1560. The van der Waals surface area contributed by atoms with Crippen LogP contribution in [-0.4, -0.2) is 24.5 Å². The molecular formula is C28H28FN7. The normalized spacial score (nSPS) is 11.3. The third-order valence-corrected chi connectivity index (χ3v) is 6.10. The van der Waals surface area contributed by atoms with Crippen molar-refractivity contribution in [3.8, 4) is 16.8 Å². The first-order chi connectivity index (χ1) is 17.3. The third-order valence-electron chi connectivity index (χ3n) is 6.10. The lowest BCUT2D eigenvalue weighted by Gasteiger charge is -2.15. The molecule has 2 aromatic carbocycles. The Kier molecular flexibility index (Phi) is 6.01. The summed E-state index contributed by atoms with van der Waals surface area (Å²) in [5.41, 5.74) is 5.53. The molecule has 0 aliphatic carbocycles. The van der Waals surface area contributed by atoms with Gasteiger partial charge in [0.2, 0.25) is 0 Å². The SMILES string of the molecule is C=C(Nc1ccc(-c2cncc3c2c(C)nn3C)cc1F)Nc1cc(C(C)C)nn1-c1ccccc1. The van der Waals surface area contributed by atoms with E-state index in [1.54, 1.807) is 23.1 Å². The smallest absolute Gasteiger partial charge is 0.147 e. The van der Waals surface area contributed by atoms with Crippen LogP contribution in [0.1, 0.15) is 31.2 Å². The van der Waals surface area contributed by atoms with Gasteiger partial charge in [-0.25, -0.2) is 9.07 Å². The second-order valence-corrected chi connectivity index (χ2v) is 9.07. The van der Waals surface area contributed by atoms with Gasteiger partial charge in [0.05, 0.1) is 34.5 Å². The Morgan fingerprint density at radius 3 is 2.50 bits per heavy atom. The van der Waals surface area contributed by atoms with E-state index < -0.39 is 5.82 Å². The van der Waals surface area contributed by atoms with E-state index in [2.05, 4.69) is 41.1 Å². The van der Waals surface area contributed by atoms with Crippen molar-refractivity contribution < 1.29 is 4.39 Å². The van der Waals surface area contributed by atoms with Crippen LogP contribution in [0.2, 0.25) is 0 Å². The van der Waals surface area contributed by atoms with Crippen molar-refractivity contribution in [1.29, 1.82) is 0 Å². The van der Waals surface area contributed by atoms with Crippen molar-refractivity contribution in [2.24, 2.45) is 7.05 Å². The number of aryl methyl sites for hydroxylation is 2. The number of fused-ring (bicyclic) bond motifs is 1. The number of aromatic nitrogens is 5. The first kappa shape index (κ1) is 23.3. The molecule has 0 amide bonds. The number of anilines is 2. The van der Waals surface area contributed by atoms with E-state index in [1.165, 1.54) is 6.07 Å². The second kappa shape index (κ2) is 9.30. The average molecular weight is 482 g/mol. The summed E-state index contributed by atoms with van der Waals surface area (Å²) in [6, 6.07) is 16.9. The van der Waals surface area contributed by atoms with E-state index in [4.69, 9.17) is 5.10 Å². The number of halogens is 1. The predicted molar refractivity (Wildman–Crippen MR) is 143 cm³/mol. The third kappa shape index (κ3) is 4.33. The van der Waals surface area contributed by atoms with Gasteiger partial charge in [0.25, 0.3) is 0 Å². The highest BCUT2D eigenvalue weighted by Gasteiger charge is 2.15. The van der Waals surface area contributed by atoms with Crippen LogP contribution < -0.4 is 10.6 Å². The van der Waals surface area contributed by atoms with Gasteiger partial charge in [-0.05, 0) is 42.7 Å². The minimum absolute atomic E-state index is 0.254. The molecule has 182 valence electrons. The Morgan fingerprint density at radius 1 is 1.00 bits per heavy atom. The number of hydrogen-bond donors (Lipinski definition) is 2. The molecule has 0 aliphatic heterocycles. The summed E-state index contributed by atoms with van der Waals surface area (Å²) < 4.78 is 18.8. The highest BCUT2D eigenvalue weighted by atomic mass is 19.1. The minimum atomic E-state index is -0.395. The van der Waals surface area contributed by atoms with E-state index >= 15 is 4.39 Å². The van der Waals surface area contributed by atoms with Gasteiger partial charge in [-0.15, -0.1) is 0 Å². The van der Waals surface area contributed by atoms with E-state index in [0.29, 0.717) is 11.5 Å².